The van der Waals surface area contributed by atoms with Gasteiger partial charge in [-0.3, -0.25) is 0 Å². The van der Waals surface area contributed by atoms with Crippen molar-refractivity contribution in [3.8, 4) is 0 Å². The molecule has 0 aliphatic heterocycles. The molecule has 5 rings (SSSR count). The van der Waals surface area contributed by atoms with Crippen molar-refractivity contribution in [1.82, 2.24) is 9.97 Å². The number of hydrogen-bond acceptors (Lipinski definition) is 3. The van der Waals surface area contributed by atoms with Crippen molar-refractivity contribution < 1.29 is 9.90 Å². The van der Waals surface area contributed by atoms with Crippen LogP contribution in [0, 0.1) is 24.7 Å². The summed E-state index contributed by atoms with van der Waals surface area (Å²) in [5.74, 6) is 2.19. The fraction of sp³-hybridized carbons (Fsp3) is 0.688. The molecule has 1 aromatic rings. The van der Waals surface area contributed by atoms with Crippen molar-refractivity contribution in [3.05, 3.63) is 23.3 Å². The second kappa shape index (κ2) is 4.03. The maximum Gasteiger partial charge on any atom is 0.339 e. The molecule has 0 spiro atoms. The minimum atomic E-state index is -0.879. The zero-order valence-electron chi connectivity index (χ0n) is 11.8. The lowest BCUT2D eigenvalue weighted by atomic mass is 9.48. The van der Waals surface area contributed by atoms with Gasteiger partial charge >= 0.3 is 5.97 Å². The Bertz CT molecular complexity index is 547. The van der Waals surface area contributed by atoms with Gasteiger partial charge in [0, 0.05) is 11.6 Å². The predicted molar refractivity (Wildman–Crippen MR) is 73.6 cm³/mol. The number of carboxylic acids is 1. The number of nitrogens with zero attached hydrogens (tertiary/aromatic N) is 2. The minimum absolute atomic E-state index is 0.0240. The van der Waals surface area contributed by atoms with Crippen LogP contribution >= 0.6 is 0 Å². The van der Waals surface area contributed by atoms with Gasteiger partial charge in [0.15, 0.2) is 0 Å². The molecular formula is C16H20N2O2. The molecule has 20 heavy (non-hydrogen) atoms. The molecule has 4 nitrogen and oxygen atoms in total. The number of carbonyl (C=O) groups is 1. The largest absolute Gasteiger partial charge is 0.478 e. The van der Waals surface area contributed by atoms with Crippen LogP contribution in [0.5, 0.6) is 0 Å². The van der Waals surface area contributed by atoms with Gasteiger partial charge in [-0.05, 0) is 63.2 Å². The van der Waals surface area contributed by atoms with Crippen molar-refractivity contribution in [1.29, 1.82) is 0 Å². The van der Waals surface area contributed by atoms with E-state index in [0.29, 0.717) is 11.4 Å². The molecule has 0 saturated heterocycles. The third kappa shape index (κ3) is 1.70. The van der Waals surface area contributed by atoms with Gasteiger partial charge in [0.05, 0.1) is 11.3 Å². The summed E-state index contributed by atoms with van der Waals surface area (Å²) in [6, 6.07) is 0. The van der Waals surface area contributed by atoms with Gasteiger partial charge in [-0.1, -0.05) is 0 Å². The Hall–Kier alpha value is -1.45. The van der Waals surface area contributed by atoms with Gasteiger partial charge in [-0.25, -0.2) is 14.8 Å². The second-order valence-electron chi connectivity index (χ2n) is 7.18. The van der Waals surface area contributed by atoms with Gasteiger partial charge in [0.25, 0.3) is 0 Å². The summed E-state index contributed by atoms with van der Waals surface area (Å²) in [5.41, 5.74) is 1.19. The molecule has 4 bridgehead atoms. The molecule has 4 fully saturated rings. The first-order valence-corrected chi connectivity index (χ1v) is 7.63. The number of rotatable bonds is 2. The van der Waals surface area contributed by atoms with Crippen LogP contribution < -0.4 is 0 Å². The maximum atomic E-state index is 11.5. The smallest absolute Gasteiger partial charge is 0.339 e. The Kier molecular flexibility index (Phi) is 2.48. The van der Waals surface area contributed by atoms with Gasteiger partial charge in [0.2, 0.25) is 0 Å². The quantitative estimate of drug-likeness (QED) is 0.899. The predicted octanol–water partition coefficient (Wildman–Crippen LogP) is 2.95. The van der Waals surface area contributed by atoms with Gasteiger partial charge in [-0.2, -0.15) is 0 Å². The number of aromatic nitrogens is 2. The van der Waals surface area contributed by atoms with Crippen molar-refractivity contribution in [2.45, 2.75) is 50.9 Å². The third-order valence-electron chi connectivity index (χ3n) is 5.68. The standard InChI is InChI=1S/C16H20N2O2/c1-9-17-8-13(15(19)20)14(18-9)16-5-10-2-11(6-16)4-12(3-10)7-16/h8,10-12H,2-7H2,1H3,(H,19,20). The third-order valence-corrected chi connectivity index (χ3v) is 5.68. The number of aryl methyl sites for hydroxylation is 1. The average Bonchev–Trinajstić information content (AvgIpc) is 2.36. The van der Waals surface area contributed by atoms with Gasteiger partial charge < -0.3 is 5.11 Å². The van der Waals surface area contributed by atoms with E-state index in [-0.39, 0.29) is 5.41 Å². The first-order chi connectivity index (χ1) is 9.56. The van der Waals surface area contributed by atoms with Crippen LogP contribution in [0.4, 0.5) is 0 Å². The number of aromatic carboxylic acids is 1. The Morgan fingerprint density at radius 1 is 1.20 bits per heavy atom. The lowest BCUT2D eigenvalue weighted by Gasteiger charge is -2.56. The van der Waals surface area contributed by atoms with E-state index in [1.807, 2.05) is 6.92 Å². The molecule has 0 amide bonds. The molecule has 1 aromatic heterocycles. The lowest BCUT2D eigenvalue weighted by molar-refractivity contribution is -0.00802. The van der Waals surface area contributed by atoms with Gasteiger partial charge in [0.1, 0.15) is 5.82 Å². The van der Waals surface area contributed by atoms with Crippen molar-refractivity contribution in [3.63, 3.8) is 0 Å². The van der Waals surface area contributed by atoms with Crippen LogP contribution in [0.1, 0.15) is 60.4 Å². The summed E-state index contributed by atoms with van der Waals surface area (Å²) in [4.78, 5) is 20.2. The van der Waals surface area contributed by atoms with Crippen LogP contribution in [0.2, 0.25) is 0 Å². The summed E-state index contributed by atoms with van der Waals surface area (Å²) in [6.07, 6.45) is 8.98. The van der Waals surface area contributed by atoms with Gasteiger partial charge in [-0.15, -0.1) is 0 Å². The van der Waals surface area contributed by atoms with Crippen LogP contribution in [-0.2, 0) is 5.41 Å². The Morgan fingerprint density at radius 3 is 2.25 bits per heavy atom. The molecule has 1 N–H and O–H groups in total. The highest BCUT2D eigenvalue weighted by Crippen LogP contribution is 2.60. The van der Waals surface area contributed by atoms with E-state index in [4.69, 9.17) is 0 Å². The first-order valence-electron chi connectivity index (χ1n) is 7.63. The van der Waals surface area contributed by atoms with E-state index < -0.39 is 5.97 Å². The summed E-state index contributed by atoms with van der Waals surface area (Å²) >= 11 is 0. The molecule has 4 heteroatoms. The van der Waals surface area contributed by atoms with Crippen molar-refractivity contribution in [2.75, 3.05) is 0 Å². The molecule has 0 aromatic carbocycles. The number of carboxylic acid groups (broad SMARTS) is 1. The average molecular weight is 272 g/mol. The van der Waals surface area contributed by atoms with Crippen LogP contribution in [0.15, 0.2) is 6.20 Å². The fourth-order valence-corrected chi connectivity index (χ4v) is 5.43. The molecular weight excluding hydrogens is 252 g/mol. The molecule has 0 radical (unpaired) electrons. The summed E-state index contributed by atoms with van der Waals surface area (Å²) in [6.45, 7) is 1.86. The van der Waals surface area contributed by atoms with E-state index >= 15 is 0 Å². The minimum Gasteiger partial charge on any atom is -0.478 e. The SMILES string of the molecule is Cc1ncc(C(=O)O)c(C23CC4CC(CC(C4)C2)C3)n1. The molecule has 0 unspecified atom stereocenters. The summed E-state index contributed by atoms with van der Waals surface area (Å²) in [5, 5.41) is 9.48. The van der Waals surface area contributed by atoms with Crippen LogP contribution in [0.25, 0.3) is 0 Å². The van der Waals surface area contributed by atoms with E-state index in [9.17, 15) is 9.90 Å². The molecule has 4 saturated carbocycles. The summed E-state index contributed by atoms with van der Waals surface area (Å²) < 4.78 is 0. The highest BCUT2D eigenvalue weighted by Gasteiger charge is 2.53. The van der Waals surface area contributed by atoms with E-state index in [2.05, 4.69) is 9.97 Å². The van der Waals surface area contributed by atoms with Crippen molar-refractivity contribution >= 4 is 5.97 Å². The Balaban J connectivity index is 1.84. The van der Waals surface area contributed by atoms with E-state index in [0.717, 1.165) is 42.7 Å². The number of hydrogen-bond donors (Lipinski definition) is 1. The topological polar surface area (TPSA) is 63.1 Å². The second-order valence-corrected chi connectivity index (χ2v) is 7.18. The molecule has 106 valence electrons. The van der Waals surface area contributed by atoms with Crippen LogP contribution in [-0.4, -0.2) is 21.0 Å². The van der Waals surface area contributed by atoms with E-state index in [1.54, 1.807) is 0 Å². The lowest BCUT2D eigenvalue weighted by Crippen LogP contribution is -2.49. The van der Waals surface area contributed by atoms with E-state index in [1.165, 1.54) is 25.5 Å². The summed E-state index contributed by atoms with van der Waals surface area (Å²) in [7, 11) is 0. The molecule has 4 aliphatic carbocycles. The zero-order chi connectivity index (χ0) is 13.9. The highest BCUT2D eigenvalue weighted by atomic mass is 16.4. The van der Waals surface area contributed by atoms with Crippen molar-refractivity contribution in [2.24, 2.45) is 17.8 Å². The maximum absolute atomic E-state index is 11.5. The monoisotopic (exact) mass is 272 g/mol. The zero-order valence-corrected chi connectivity index (χ0v) is 11.8. The fourth-order valence-electron chi connectivity index (χ4n) is 5.43. The van der Waals surface area contributed by atoms with Crippen LogP contribution in [0.3, 0.4) is 0 Å². The Labute approximate surface area is 118 Å². The molecule has 1 heterocycles. The molecule has 4 aliphatic rings. The first kappa shape index (κ1) is 12.3. The highest BCUT2D eigenvalue weighted by molar-refractivity contribution is 5.89. The normalized spacial score (nSPS) is 38.1. The molecule has 0 atom stereocenters. The Morgan fingerprint density at radius 2 is 1.75 bits per heavy atom.